The van der Waals surface area contributed by atoms with Crippen LogP contribution < -0.4 is 20.4 Å². The molecule has 2 aliphatic rings. The van der Waals surface area contributed by atoms with Crippen molar-refractivity contribution >= 4 is 11.6 Å². The largest absolute Gasteiger partial charge is 0.456 e. The van der Waals surface area contributed by atoms with E-state index in [4.69, 9.17) is 13.9 Å². The number of para-hydroxylation sites is 1. The third kappa shape index (κ3) is 6.11. The van der Waals surface area contributed by atoms with Gasteiger partial charge in [0.15, 0.2) is 11.3 Å². The SMILES string of the molecule is Cc1cnc(C(CCN(C)C)Nc2ccc3c(c2)Cc2cccc(-c4cc(=O)cc(N5CCOCC5)o4)c2O3)cn1. The maximum absolute atomic E-state index is 12.6. The van der Waals surface area contributed by atoms with E-state index in [1.54, 1.807) is 6.07 Å². The van der Waals surface area contributed by atoms with Crippen LogP contribution in [0.25, 0.3) is 11.3 Å². The van der Waals surface area contributed by atoms with E-state index in [1.807, 2.05) is 48.5 Å². The monoisotopic (exact) mass is 553 g/mol. The summed E-state index contributed by atoms with van der Waals surface area (Å²) in [6, 6.07) is 15.3. The predicted octanol–water partition coefficient (Wildman–Crippen LogP) is 5.04. The summed E-state index contributed by atoms with van der Waals surface area (Å²) >= 11 is 0. The number of fused-ring (bicyclic) bond motifs is 2. The van der Waals surface area contributed by atoms with E-state index < -0.39 is 0 Å². The van der Waals surface area contributed by atoms with Crippen LogP contribution in [0.4, 0.5) is 11.6 Å². The number of rotatable bonds is 8. The molecule has 2 aliphatic heterocycles. The molecule has 1 saturated heterocycles. The average Bonchev–Trinajstić information content (AvgIpc) is 2.98. The second-order valence-corrected chi connectivity index (χ2v) is 10.9. The number of ether oxygens (including phenoxy) is 2. The minimum absolute atomic E-state index is 0.0218. The van der Waals surface area contributed by atoms with Crippen molar-refractivity contribution < 1.29 is 13.9 Å². The number of aromatic nitrogens is 2. The Morgan fingerprint density at radius 3 is 2.66 bits per heavy atom. The van der Waals surface area contributed by atoms with Gasteiger partial charge in [-0.25, -0.2) is 0 Å². The fourth-order valence-corrected chi connectivity index (χ4v) is 5.26. The summed E-state index contributed by atoms with van der Waals surface area (Å²) in [5.41, 5.74) is 5.62. The first kappa shape index (κ1) is 27.0. The Hall–Kier alpha value is -4.21. The van der Waals surface area contributed by atoms with Crippen molar-refractivity contribution in [3.8, 4) is 22.8 Å². The summed E-state index contributed by atoms with van der Waals surface area (Å²) in [6.45, 7) is 5.46. The van der Waals surface area contributed by atoms with Gasteiger partial charge in [0.2, 0.25) is 0 Å². The number of aryl methyl sites for hydroxylation is 1. The zero-order valence-electron chi connectivity index (χ0n) is 23.7. The first-order valence-corrected chi connectivity index (χ1v) is 14.0. The van der Waals surface area contributed by atoms with Crippen molar-refractivity contribution in [1.82, 2.24) is 14.9 Å². The lowest BCUT2D eigenvalue weighted by molar-refractivity contribution is 0.120. The molecular formula is C32H35N5O4. The quantitative estimate of drug-likeness (QED) is 0.284. The van der Waals surface area contributed by atoms with Crippen molar-refractivity contribution in [2.45, 2.75) is 25.8 Å². The molecule has 4 aromatic rings. The van der Waals surface area contributed by atoms with E-state index >= 15 is 0 Å². The molecule has 1 fully saturated rings. The van der Waals surface area contributed by atoms with E-state index in [0.29, 0.717) is 44.4 Å². The van der Waals surface area contributed by atoms with Crippen molar-refractivity contribution in [1.29, 1.82) is 0 Å². The third-order valence-electron chi connectivity index (χ3n) is 7.46. The molecule has 1 atom stereocenters. The number of hydrogen-bond acceptors (Lipinski definition) is 9. The summed E-state index contributed by atoms with van der Waals surface area (Å²) in [4.78, 5) is 26.0. The van der Waals surface area contributed by atoms with Gasteiger partial charge < -0.3 is 29.0 Å². The number of nitrogens with one attached hydrogen (secondary N) is 1. The predicted molar refractivity (Wildman–Crippen MR) is 159 cm³/mol. The molecule has 0 spiro atoms. The molecule has 41 heavy (non-hydrogen) atoms. The standard InChI is InChI=1S/C32H35N5O4/c1-21-19-34-28(20-33-21)27(9-10-36(2)3)35-24-7-8-29-23(16-24)15-22-5-4-6-26(32(22)41-29)30-17-25(38)18-31(40-30)37-11-13-39-14-12-37/h4-8,16-20,27,35H,9-15H2,1-3H3. The van der Waals surface area contributed by atoms with E-state index in [1.165, 1.54) is 6.07 Å². The van der Waals surface area contributed by atoms with E-state index in [9.17, 15) is 4.79 Å². The Labute approximate surface area is 239 Å². The fourth-order valence-electron chi connectivity index (χ4n) is 5.26. The molecule has 2 aromatic heterocycles. The zero-order valence-corrected chi connectivity index (χ0v) is 23.7. The number of hydrogen-bond donors (Lipinski definition) is 1. The molecular weight excluding hydrogens is 518 g/mol. The maximum Gasteiger partial charge on any atom is 0.200 e. The van der Waals surface area contributed by atoms with Crippen molar-refractivity contribution in [2.75, 3.05) is 57.2 Å². The van der Waals surface area contributed by atoms with Crippen molar-refractivity contribution in [2.24, 2.45) is 0 Å². The lowest BCUT2D eigenvalue weighted by Crippen LogP contribution is -2.36. The highest BCUT2D eigenvalue weighted by Crippen LogP contribution is 2.44. The van der Waals surface area contributed by atoms with Gasteiger partial charge in [-0.15, -0.1) is 0 Å². The van der Waals surface area contributed by atoms with Gasteiger partial charge in [0.05, 0.1) is 42.4 Å². The van der Waals surface area contributed by atoms with Crippen LogP contribution in [0.1, 0.15) is 35.0 Å². The molecule has 1 unspecified atom stereocenters. The molecule has 0 saturated carbocycles. The van der Waals surface area contributed by atoms with Gasteiger partial charge in [0.1, 0.15) is 17.3 Å². The van der Waals surface area contributed by atoms with Crippen molar-refractivity contribution in [3.63, 3.8) is 0 Å². The Morgan fingerprint density at radius 1 is 1.02 bits per heavy atom. The second-order valence-electron chi connectivity index (χ2n) is 10.9. The third-order valence-corrected chi connectivity index (χ3v) is 7.46. The van der Waals surface area contributed by atoms with Gasteiger partial charge in [-0.3, -0.25) is 14.8 Å². The highest BCUT2D eigenvalue weighted by atomic mass is 16.5. The zero-order chi connectivity index (χ0) is 28.3. The van der Waals surface area contributed by atoms with Gasteiger partial charge in [0, 0.05) is 54.7 Å². The summed E-state index contributed by atoms with van der Waals surface area (Å²) < 4.78 is 18.2. The van der Waals surface area contributed by atoms with Gasteiger partial charge in [0.25, 0.3) is 0 Å². The van der Waals surface area contributed by atoms with Crippen LogP contribution >= 0.6 is 0 Å². The van der Waals surface area contributed by atoms with Crippen LogP contribution in [0.2, 0.25) is 0 Å². The summed E-state index contributed by atoms with van der Waals surface area (Å²) in [5, 5.41) is 3.68. The molecule has 4 heterocycles. The second kappa shape index (κ2) is 11.7. The van der Waals surface area contributed by atoms with E-state index in [-0.39, 0.29) is 11.5 Å². The molecule has 0 amide bonds. The highest BCUT2D eigenvalue weighted by Gasteiger charge is 2.24. The summed E-state index contributed by atoms with van der Waals surface area (Å²) in [5.74, 6) is 2.58. The Morgan fingerprint density at radius 2 is 1.88 bits per heavy atom. The Balaban J connectivity index is 1.26. The Kier molecular flexibility index (Phi) is 7.71. The molecule has 6 rings (SSSR count). The van der Waals surface area contributed by atoms with Crippen LogP contribution in [-0.2, 0) is 11.2 Å². The van der Waals surface area contributed by atoms with Crippen molar-refractivity contribution in [3.05, 3.63) is 93.7 Å². The minimum Gasteiger partial charge on any atom is -0.456 e. The van der Waals surface area contributed by atoms with Crippen LogP contribution in [0.15, 0.2) is 70.1 Å². The molecule has 1 N–H and O–H groups in total. The molecule has 0 bridgehead atoms. The average molecular weight is 554 g/mol. The lowest BCUT2D eigenvalue weighted by Gasteiger charge is -2.28. The van der Waals surface area contributed by atoms with E-state index in [2.05, 4.69) is 46.4 Å². The van der Waals surface area contributed by atoms with Crippen LogP contribution in [0.3, 0.4) is 0 Å². The van der Waals surface area contributed by atoms with Gasteiger partial charge in [-0.1, -0.05) is 12.1 Å². The Bertz CT molecular complexity index is 1580. The number of benzene rings is 2. The molecule has 2 aromatic carbocycles. The first-order valence-electron chi connectivity index (χ1n) is 14.0. The normalized spacial score (nSPS) is 15.2. The van der Waals surface area contributed by atoms with Crippen LogP contribution in [-0.4, -0.2) is 61.8 Å². The summed E-state index contributed by atoms with van der Waals surface area (Å²) in [7, 11) is 4.15. The molecule has 212 valence electrons. The van der Waals surface area contributed by atoms with E-state index in [0.717, 1.165) is 58.2 Å². The number of nitrogens with zero attached hydrogens (tertiary/aromatic N) is 4. The van der Waals surface area contributed by atoms with Crippen LogP contribution in [0, 0.1) is 6.92 Å². The topological polar surface area (TPSA) is 93.0 Å². The maximum atomic E-state index is 12.6. The van der Waals surface area contributed by atoms with Gasteiger partial charge >= 0.3 is 0 Å². The van der Waals surface area contributed by atoms with Gasteiger partial charge in [-0.2, -0.15) is 0 Å². The molecule has 9 nitrogen and oxygen atoms in total. The smallest absolute Gasteiger partial charge is 0.200 e. The number of anilines is 2. The molecule has 0 aliphatic carbocycles. The first-order chi connectivity index (χ1) is 19.9. The highest BCUT2D eigenvalue weighted by molar-refractivity contribution is 5.72. The fraction of sp³-hybridized carbons (Fsp3) is 0.344. The minimum atomic E-state index is -0.0978. The molecule has 9 heteroatoms. The van der Waals surface area contributed by atoms with Crippen LogP contribution in [0.5, 0.6) is 11.5 Å². The lowest BCUT2D eigenvalue weighted by atomic mass is 9.96. The molecule has 0 radical (unpaired) electrons. The van der Waals surface area contributed by atoms with Gasteiger partial charge in [-0.05, 0) is 58.3 Å². The number of morpholine rings is 1. The summed E-state index contributed by atoms with van der Waals surface area (Å²) in [6.07, 6.45) is 5.26.